The molecule has 0 aliphatic heterocycles. The molecule has 2 heterocycles. The van der Waals surface area contributed by atoms with Crippen LogP contribution in [-0.4, -0.2) is 19.6 Å². The molecule has 114 valence electrons. The summed E-state index contributed by atoms with van der Waals surface area (Å²) in [5.74, 6) is 2.00. The molecule has 22 heavy (non-hydrogen) atoms. The standard InChI is InChI=1S/C14H14N4O2S2/c1-8-4-5-9(2)11(6-8)19-7-12-16-17-13(20-12)21-14-15-10(3)18-22-14/h4-6H,7H2,1-3H3. The number of aryl methyl sites for hydroxylation is 3. The van der Waals surface area contributed by atoms with Crippen LogP contribution < -0.4 is 4.74 Å². The summed E-state index contributed by atoms with van der Waals surface area (Å²) in [6.07, 6.45) is 0. The molecule has 0 N–H and O–H groups in total. The van der Waals surface area contributed by atoms with Crippen molar-refractivity contribution < 1.29 is 9.15 Å². The third-order valence-corrected chi connectivity index (χ3v) is 4.51. The van der Waals surface area contributed by atoms with Crippen LogP contribution in [0.25, 0.3) is 0 Å². The molecule has 2 aromatic heterocycles. The minimum atomic E-state index is 0.243. The molecule has 3 rings (SSSR count). The first-order valence-electron chi connectivity index (χ1n) is 6.61. The van der Waals surface area contributed by atoms with E-state index >= 15 is 0 Å². The molecule has 0 saturated carbocycles. The van der Waals surface area contributed by atoms with E-state index in [9.17, 15) is 0 Å². The Labute approximate surface area is 136 Å². The molecule has 0 fully saturated rings. The zero-order valence-electron chi connectivity index (χ0n) is 12.4. The van der Waals surface area contributed by atoms with Crippen molar-refractivity contribution in [3.05, 3.63) is 41.0 Å². The van der Waals surface area contributed by atoms with Crippen molar-refractivity contribution in [2.45, 2.75) is 36.9 Å². The van der Waals surface area contributed by atoms with Crippen LogP contribution in [0.5, 0.6) is 5.75 Å². The van der Waals surface area contributed by atoms with Crippen LogP contribution >= 0.6 is 23.3 Å². The number of benzene rings is 1. The molecular formula is C14H14N4O2S2. The summed E-state index contributed by atoms with van der Waals surface area (Å²) < 4.78 is 16.2. The van der Waals surface area contributed by atoms with Crippen LogP contribution in [0.3, 0.4) is 0 Å². The lowest BCUT2D eigenvalue weighted by Gasteiger charge is -2.07. The van der Waals surface area contributed by atoms with Gasteiger partial charge in [0.25, 0.3) is 11.1 Å². The van der Waals surface area contributed by atoms with Gasteiger partial charge in [-0.25, -0.2) is 4.98 Å². The van der Waals surface area contributed by atoms with Crippen molar-refractivity contribution in [2.75, 3.05) is 0 Å². The molecule has 0 atom stereocenters. The van der Waals surface area contributed by atoms with Gasteiger partial charge >= 0.3 is 0 Å². The first-order valence-corrected chi connectivity index (χ1v) is 8.20. The Bertz CT molecular complexity index is 785. The van der Waals surface area contributed by atoms with Gasteiger partial charge in [0.05, 0.1) is 0 Å². The third kappa shape index (κ3) is 3.63. The normalized spacial score (nSPS) is 10.9. The number of hydrogen-bond donors (Lipinski definition) is 0. The molecule has 0 unspecified atom stereocenters. The summed E-state index contributed by atoms with van der Waals surface area (Å²) in [6, 6.07) is 6.07. The molecule has 1 aromatic carbocycles. The third-order valence-electron chi connectivity index (χ3n) is 2.83. The van der Waals surface area contributed by atoms with Gasteiger partial charge in [0, 0.05) is 11.8 Å². The van der Waals surface area contributed by atoms with Gasteiger partial charge in [0.15, 0.2) is 10.9 Å². The lowest BCUT2D eigenvalue weighted by Crippen LogP contribution is -1.97. The summed E-state index contributed by atoms with van der Waals surface area (Å²) >= 11 is 2.62. The van der Waals surface area contributed by atoms with E-state index < -0.39 is 0 Å². The van der Waals surface area contributed by atoms with Crippen LogP contribution in [0, 0.1) is 20.8 Å². The SMILES string of the molecule is Cc1ccc(C)c(OCc2nnc(Sc3nc(C)ns3)o2)c1. The van der Waals surface area contributed by atoms with Crippen molar-refractivity contribution in [1.82, 2.24) is 19.6 Å². The fourth-order valence-electron chi connectivity index (χ4n) is 1.73. The van der Waals surface area contributed by atoms with Crippen molar-refractivity contribution >= 4 is 23.3 Å². The number of aromatic nitrogens is 4. The van der Waals surface area contributed by atoms with E-state index in [0.29, 0.717) is 11.1 Å². The van der Waals surface area contributed by atoms with E-state index in [1.807, 2.05) is 39.0 Å². The predicted molar refractivity (Wildman–Crippen MR) is 83.3 cm³/mol. The number of nitrogens with zero attached hydrogens (tertiary/aromatic N) is 4. The van der Waals surface area contributed by atoms with E-state index in [1.165, 1.54) is 23.3 Å². The average molecular weight is 334 g/mol. The van der Waals surface area contributed by atoms with Gasteiger partial charge in [-0.2, -0.15) is 4.37 Å². The van der Waals surface area contributed by atoms with Crippen molar-refractivity contribution in [3.63, 3.8) is 0 Å². The molecule has 0 saturated heterocycles. The number of rotatable bonds is 5. The fourth-order valence-corrected chi connectivity index (χ4v) is 3.18. The Balaban J connectivity index is 1.63. The molecule has 3 aromatic rings. The predicted octanol–water partition coefficient (Wildman–Crippen LogP) is 3.58. The monoisotopic (exact) mass is 334 g/mol. The largest absolute Gasteiger partial charge is 0.484 e. The smallest absolute Gasteiger partial charge is 0.283 e. The van der Waals surface area contributed by atoms with E-state index in [4.69, 9.17) is 9.15 Å². The maximum atomic E-state index is 5.74. The Kier molecular flexibility index (Phi) is 4.39. The first kappa shape index (κ1) is 15.0. The summed E-state index contributed by atoms with van der Waals surface area (Å²) in [7, 11) is 0. The molecule has 0 aliphatic carbocycles. The van der Waals surface area contributed by atoms with E-state index in [0.717, 1.165) is 27.0 Å². The second-order valence-electron chi connectivity index (χ2n) is 4.73. The van der Waals surface area contributed by atoms with Gasteiger partial charge in [-0.3, -0.25) is 0 Å². The second kappa shape index (κ2) is 6.45. The summed E-state index contributed by atoms with van der Waals surface area (Å²) in [5, 5.41) is 8.40. The van der Waals surface area contributed by atoms with Crippen LogP contribution in [0.2, 0.25) is 0 Å². The maximum Gasteiger partial charge on any atom is 0.283 e. The second-order valence-corrected chi connectivity index (χ2v) is 6.68. The maximum absolute atomic E-state index is 5.74. The quantitative estimate of drug-likeness (QED) is 0.706. The van der Waals surface area contributed by atoms with Gasteiger partial charge < -0.3 is 9.15 Å². The number of hydrogen-bond acceptors (Lipinski definition) is 8. The summed E-state index contributed by atoms with van der Waals surface area (Å²) in [6.45, 7) is 6.12. The summed E-state index contributed by atoms with van der Waals surface area (Å²) in [4.78, 5) is 4.24. The first-order chi connectivity index (χ1) is 10.6. The van der Waals surface area contributed by atoms with Crippen LogP contribution in [0.4, 0.5) is 0 Å². The summed E-state index contributed by atoms with van der Waals surface area (Å²) in [5.41, 5.74) is 2.22. The van der Waals surface area contributed by atoms with Crippen LogP contribution in [0.1, 0.15) is 22.8 Å². The van der Waals surface area contributed by atoms with Crippen LogP contribution in [0.15, 0.2) is 32.2 Å². The molecule has 0 spiro atoms. The van der Waals surface area contributed by atoms with Gasteiger partial charge in [0.1, 0.15) is 11.6 Å². The molecule has 6 nitrogen and oxygen atoms in total. The Morgan fingerprint density at radius 3 is 2.86 bits per heavy atom. The van der Waals surface area contributed by atoms with Crippen molar-refractivity contribution in [3.8, 4) is 5.75 Å². The Hall–Kier alpha value is -1.93. The van der Waals surface area contributed by atoms with E-state index in [1.54, 1.807) is 0 Å². The Morgan fingerprint density at radius 2 is 2.09 bits per heavy atom. The molecule has 0 aliphatic rings. The van der Waals surface area contributed by atoms with Crippen molar-refractivity contribution in [2.24, 2.45) is 0 Å². The molecular weight excluding hydrogens is 320 g/mol. The molecule has 0 amide bonds. The molecule has 0 bridgehead atoms. The van der Waals surface area contributed by atoms with Gasteiger partial charge in [-0.1, -0.05) is 12.1 Å². The highest BCUT2D eigenvalue weighted by molar-refractivity contribution is 8.00. The van der Waals surface area contributed by atoms with E-state index in [-0.39, 0.29) is 6.61 Å². The zero-order chi connectivity index (χ0) is 15.5. The topological polar surface area (TPSA) is 73.9 Å². The van der Waals surface area contributed by atoms with Gasteiger partial charge in [0.2, 0.25) is 0 Å². The van der Waals surface area contributed by atoms with Gasteiger partial charge in [-0.05, 0) is 49.5 Å². The average Bonchev–Trinajstić information content (AvgIpc) is 3.10. The fraction of sp³-hybridized carbons (Fsp3) is 0.286. The Morgan fingerprint density at radius 1 is 1.23 bits per heavy atom. The lowest BCUT2D eigenvalue weighted by molar-refractivity contribution is 0.250. The minimum absolute atomic E-state index is 0.243. The highest BCUT2D eigenvalue weighted by Crippen LogP contribution is 2.28. The zero-order valence-corrected chi connectivity index (χ0v) is 14.0. The molecule has 0 radical (unpaired) electrons. The van der Waals surface area contributed by atoms with Crippen molar-refractivity contribution in [1.29, 1.82) is 0 Å². The number of ether oxygens (including phenoxy) is 1. The highest BCUT2D eigenvalue weighted by Gasteiger charge is 2.11. The minimum Gasteiger partial charge on any atom is -0.484 e. The molecule has 8 heteroatoms. The lowest BCUT2D eigenvalue weighted by atomic mass is 10.1. The highest BCUT2D eigenvalue weighted by atomic mass is 32.2. The van der Waals surface area contributed by atoms with E-state index in [2.05, 4.69) is 19.6 Å². The van der Waals surface area contributed by atoms with Crippen LogP contribution in [-0.2, 0) is 6.61 Å². The van der Waals surface area contributed by atoms with Gasteiger partial charge in [-0.15, -0.1) is 10.2 Å².